The first-order valence-electron chi connectivity index (χ1n) is 10.3. The number of nitrogens with zero attached hydrogens (tertiary/aromatic N) is 5. The molecule has 0 unspecified atom stereocenters. The molecule has 4 aromatic rings. The van der Waals surface area contributed by atoms with Gasteiger partial charge in [-0.15, -0.1) is 23.7 Å². The topological polar surface area (TPSA) is 138 Å². The van der Waals surface area contributed by atoms with Gasteiger partial charge in [-0.05, 0) is 13.0 Å². The third-order valence-corrected chi connectivity index (χ3v) is 6.06. The molecule has 180 valence electrons. The Balaban J connectivity index is 0.00000324. The third-order valence-electron chi connectivity index (χ3n) is 4.90. The number of anilines is 1. The van der Waals surface area contributed by atoms with Gasteiger partial charge in [0.25, 0.3) is 11.8 Å². The van der Waals surface area contributed by atoms with E-state index >= 15 is 0 Å². The molecule has 4 aromatic heterocycles. The van der Waals surface area contributed by atoms with Crippen LogP contribution >= 0.6 is 23.7 Å². The summed E-state index contributed by atoms with van der Waals surface area (Å²) in [4.78, 5) is 31.3. The van der Waals surface area contributed by atoms with Crippen LogP contribution < -0.4 is 16.0 Å². The van der Waals surface area contributed by atoms with E-state index in [0.717, 1.165) is 10.4 Å². The van der Waals surface area contributed by atoms with Gasteiger partial charge in [-0.3, -0.25) is 19.3 Å². The minimum Gasteiger partial charge on any atom is -0.395 e. The SMILES string of the molecule is Cc1ncc(C(=O)NCCNCCO)cc1NC(=O)c1cnn2cc(-c3cnn(C)c3)sc12.Cl. The lowest BCUT2D eigenvalue weighted by atomic mass is 10.2. The van der Waals surface area contributed by atoms with Crippen molar-refractivity contribution in [1.29, 1.82) is 0 Å². The standard InChI is InChI=1S/C21H24N8O3S.ClH/c1-13-17(7-14(8-24-13)19(31)23-4-3-22-5-6-30)27-20(32)16-10-26-29-12-18(33-21(16)29)15-9-25-28(2)11-15;/h7-12,22,30H,3-6H2,1-2H3,(H,23,31)(H,27,32);1H. The fraction of sp³-hybridized carbons (Fsp3) is 0.286. The van der Waals surface area contributed by atoms with Crippen LogP contribution in [0, 0.1) is 6.92 Å². The Morgan fingerprint density at radius 3 is 2.65 bits per heavy atom. The van der Waals surface area contributed by atoms with Crippen LogP contribution in [-0.2, 0) is 7.05 Å². The average Bonchev–Trinajstić information content (AvgIpc) is 3.50. The second kappa shape index (κ2) is 11.2. The zero-order chi connectivity index (χ0) is 23.4. The van der Waals surface area contributed by atoms with Crippen molar-refractivity contribution in [3.8, 4) is 10.4 Å². The number of fused-ring (bicyclic) bond motifs is 1. The van der Waals surface area contributed by atoms with E-state index in [2.05, 4.69) is 31.1 Å². The monoisotopic (exact) mass is 504 g/mol. The number of pyridine rings is 1. The molecular weight excluding hydrogens is 480 g/mol. The molecule has 2 amide bonds. The van der Waals surface area contributed by atoms with E-state index in [9.17, 15) is 9.59 Å². The number of aromatic nitrogens is 5. The van der Waals surface area contributed by atoms with Crippen LogP contribution in [0.25, 0.3) is 15.3 Å². The van der Waals surface area contributed by atoms with Crippen molar-refractivity contribution in [1.82, 2.24) is 35.0 Å². The molecule has 13 heteroatoms. The molecular formula is C21H25ClN8O3S. The molecule has 0 fully saturated rings. The molecule has 4 rings (SSSR count). The molecule has 4 heterocycles. The van der Waals surface area contributed by atoms with Gasteiger partial charge in [0, 0.05) is 50.8 Å². The van der Waals surface area contributed by atoms with Crippen molar-refractivity contribution >= 4 is 46.1 Å². The van der Waals surface area contributed by atoms with Gasteiger partial charge in [-0.25, -0.2) is 4.52 Å². The Bertz CT molecular complexity index is 1300. The molecule has 0 saturated heterocycles. The third kappa shape index (κ3) is 5.59. The highest BCUT2D eigenvalue weighted by atomic mass is 35.5. The molecule has 11 nitrogen and oxygen atoms in total. The molecule has 4 N–H and O–H groups in total. The maximum atomic E-state index is 13.0. The number of aryl methyl sites for hydroxylation is 2. The number of thiazole rings is 1. The maximum Gasteiger partial charge on any atom is 0.260 e. The van der Waals surface area contributed by atoms with Crippen LogP contribution in [0.15, 0.2) is 37.1 Å². The fourth-order valence-electron chi connectivity index (χ4n) is 3.17. The summed E-state index contributed by atoms with van der Waals surface area (Å²) in [5.74, 6) is -0.628. The lowest BCUT2D eigenvalue weighted by Gasteiger charge is -2.10. The lowest BCUT2D eigenvalue weighted by molar-refractivity contribution is 0.0952. The first-order chi connectivity index (χ1) is 16.0. The minimum absolute atomic E-state index is 0. The first kappa shape index (κ1) is 25.3. The van der Waals surface area contributed by atoms with Gasteiger partial charge < -0.3 is 21.1 Å². The van der Waals surface area contributed by atoms with Crippen LogP contribution in [0.1, 0.15) is 26.4 Å². The largest absolute Gasteiger partial charge is 0.395 e. The fourth-order valence-corrected chi connectivity index (χ4v) is 4.20. The Labute approximate surface area is 205 Å². The smallest absolute Gasteiger partial charge is 0.260 e. The highest BCUT2D eigenvalue weighted by Gasteiger charge is 2.18. The van der Waals surface area contributed by atoms with E-state index in [0.29, 0.717) is 47.0 Å². The number of rotatable bonds is 9. The quantitative estimate of drug-likeness (QED) is 0.253. The Morgan fingerprint density at radius 1 is 1.09 bits per heavy atom. The second-order valence-electron chi connectivity index (χ2n) is 7.35. The molecule has 0 spiro atoms. The van der Waals surface area contributed by atoms with E-state index in [-0.39, 0.29) is 30.8 Å². The first-order valence-corrected chi connectivity index (χ1v) is 11.1. The Morgan fingerprint density at radius 2 is 1.91 bits per heavy atom. The van der Waals surface area contributed by atoms with Gasteiger partial charge in [-0.2, -0.15) is 10.2 Å². The number of carbonyl (C=O) groups is 2. The second-order valence-corrected chi connectivity index (χ2v) is 8.38. The number of hydrogen-bond donors (Lipinski definition) is 4. The summed E-state index contributed by atoms with van der Waals surface area (Å²) >= 11 is 1.45. The van der Waals surface area contributed by atoms with Crippen molar-refractivity contribution in [2.75, 3.05) is 31.6 Å². The number of nitrogens with one attached hydrogen (secondary N) is 3. The summed E-state index contributed by atoms with van der Waals surface area (Å²) in [6.45, 7) is 3.21. The van der Waals surface area contributed by atoms with Crippen LogP contribution in [-0.4, -0.2) is 67.5 Å². The summed E-state index contributed by atoms with van der Waals surface area (Å²) in [7, 11) is 1.85. The minimum atomic E-state index is -0.333. The molecule has 0 atom stereocenters. The van der Waals surface area contributed by atoms with Gasteiger partial charge in [0.15, 0.2) is 0 Å². The summed E-state index contributed by atoms with van der Waals surface area (Å²) in [5.41, 5.74) is 2.77. The normalized spacial score (nSPS) is 10.8. The van der Waals surface area contributed by atoms with E-state index in [4.69, 9.17) is 5.11 Å². The highest BCUT2D eigenvalue weighted by molar-refractivity contribution is 7.21. The predicted octanol–water partition coefficient (Wildman–Crippen LogP) is 1.49. The van der Waals surface area contributed by atoms with Crippen LogP contribution in [0.2, 0.25) is 0 Å². The molecule has 0 bridgehead atoms. The maximum absolute atomic E-state index is 13.0. The number of halogens is 1. The number of aliphatic hydroxyl groups is 1. The van der Waals surface area contributed by atoms with Crippen molar-refractivity contribution < 1.29 is 14.7 Å². The van der Waals surface area contributed by atoms with Crippen molar-refractivity contribution in [2.24, 2.45) is 7.05 Å². The van der Waals surface area contributed by atoms with E-state index < -0.39 is 0 Å². The van der Waals surface area contributed by atoms with Crippen molar-refractivity contribution in [2.45, 2.75) is 6.92 Å². The van der Waals surface area contributed by atoms with Gasteiger partial charge >= 0.3 is 0 Å². The van der Waals surface area contributed by atoms with Gasteiger partial charge in [0.2, 0.25) is 0 Å². The van der Waals surface area contributed by atoms with Crippen molar-refractivity contribution in [3.63, 3.8) is 0 Å². The zero-order valence-electron chi connectivity index (χ0n) is 18.6. The average molecular weight is 505 g/mol. The number of hydrogen-bond acceptors (Lipinski definition) is 8. The molecule has 0 radical (unpaired) electrons. The Hall–Kier alpha value is -3.32. The zero-order valence-corrected chi connectivity index (χ0v) is 20.2. The van der Waals surface area contributed by atoms with E-state index in [1.165, 1.54) is 23.7 Å². The molecule has 0 aromatic carbocycles. The molecule has 0 aliphatic heterocycles. The van der Waals surface area contributed by atoms with Crippen molar-refractivity contribution in [3.05, 3.63) is 53.9 Å². The van der Waals surface area contributed by atoms with Crippen LogP contribution in [0.3, 0.4) is 0 Å². The molecule has 34 heavy (non-hydrogen) atoms. The summed E-state index contributed by atoms with van der Waals surface area (Å²) in [6.07, 6.45) is 8.52. The summed E-state index contributed by atoms with van der Waals surface area (Å²) < 4.78 is 3.39. The lowest BCUT2D eigenvalue weighted by Crippen LogP contribution is -2.33. The van der Waals surface area contributed by atoms with Crippen LogP contribution in [0.5, 0.6) is 0 Å². The summed E-state index contributed by atoms with van der Waals surface area (Å²) in [6, 6.07) is 1.60. The number of carbonyl (C=O) groups excluding carboxylic acids is 2. The number of amides is 2. The summed E-state index contributed by atoms with van der Waals surface area (Å²) in [5, 5.41) is 25.9. The van der Waals surface area contributed by atoms with Gasteiger partial charge in [-0.1, -0.05) is 0 Å². The van der Waals surface area contributed by atoms with Gasteiger partial charge in [0.05, 0.1) is 46.4 Å². The molecule has 0 aliphatic rings. The molecule has 0 saturated carbocycles. The molecule has 0 aliphatic carbocycles. The van der Waals surface area contributed by atoms with Crippen LogP contribution in [0.4, 0.5) is 5.69 Å². The van der Waals surface area contributed by atoms with Gasteiger partial charge in [0.1, 0.15) is 4.83 Å². The highest BCUT2D eigenvalue weighted by Crippen LogP contribution is 2.30. The van der Waals surface area contributed by atoms with E-state index in [1.807, 2.05) is 19.4 Å². The number of aliphatic hydroxyl groups excluding tert-OH is 1. The predicted molar refractivity (Wildman–Crippen MR) is 132 cm³/mol. The van der Waals surface area contributed by atoms with E-state index in [1.54, 1.807) is 28.4 Å². The Kier molecular flexibility index (Phi) is 8.34.